The standard InChI is InChI=1S/C19H18Cl2FN3O2/c20-12-7-8-15(13(21)10-12)24-19(27)17-6-3-9-25(17)11-18(26)23-16-5-2-1-4-14(16)22/h1-2,4-5,7-8,10,17H,3,6,9,11H2,(H,23,26)(H,24,27). The number of carbonyl (C=O) groups is 2. The van der Waals surface area contributed by atoms with Crippen molar-refractivity contribution < 1.29 is 14.0 Å². The van der Waals surface area contributed by atoms with E-state index >= 15 is 0 Å². The van der Waals surface area contributed by atoms with Crippen LogP contribution in [0.3, 0.4) is 0 Å². The molecule has 1 aliphatic rings. The Kier molecular flexibility index (Phi) is 6.31. The zero-order chi connectivity index (χ0) is 19.4. The molecule has 1 aliphatic heterocycles. The molecule has 2 N–H and O–H groups in total. The van der Waals surface area contributed by atoms with Crippen molar-refractivity contribution >= 4 is 46.4 Å². The number of nitrogens with zero attached hydrogens (tertiary/aromatic N) is 1. The summed E-state index contributed by atoms with van der Waals surface area (Å²) in [6.45, 7) is 0.609. The molecule has 1 atom stereocenters. The molecule has 2 aromatic rings. The number of halogens is 3. The molecule has 27 heavy (non-hydrogen) atoms. The summed E-state index contributed by atoms with van der Waals surface area (Å²) < 4.78 is 13.7. The van der Waals surface area contributed by atoms with Crippen molar-refractivity contribution in [2.45, 2.75) is 18.9 Å². The van der Waals surface area contributed by atoms with Crippen LogP contribution in [0.25, 0.3) is 0 Å². The van der Waals surface area contributed by atoms with Crippen LogP contribution in [0.1, 0.15) is 12.8 Å². The molecule has 1 heterocycles. The van der Waals surface area contributed by atoms with Gasteiger partial charge in [-0.3, -0.25) is 14.5 Å². The van der Waals surface area contributed by atoms with Crippen LogP contribution in [0.2, 0.25) is 10.0 Å². The molecular weight excluding hydrogens is 392 g/mol. The van der Waals surface area contributed by atoms with Crippen LogP contribution >= 0.6 is 23.2 Å². The third-order valence-corrected chi connectivity index (χ3v) is 4.90. The van der Waals surface area contributed by atoms with E-state index in [0.717, 1.165) is 6.42 Å². The lowest BCUT2D eigenvalue weighted by Gasteiger charge is -2.23. The number of benzene rings is 2. The first-order valence-corrected chi connectivity index (χ1v) is 9.24. The zero-order valence-corrected chi connectivity index (χ0v) is 15.9. The van der Waals surface area contributed by atoms with Crippen molar-refractivity contribution in [3.8, 4) is 0 Å². The van der Waals surface area contributed by atoms with Crippen LogP contribution in [0, 0.1) is 5.82 Å². The summed E-state index contributed by atoms with van der Waals surface area (Å²) in [6, 6.07) is 10.3. The van der Waals surface area contributed by atoms with Gasteiger partial charge in [0, 0.05) is 5.02 Å². The Labute approximate surface area is 166 Å². The summed E-state index contributed by atoms with van der Waals surface area (Å²) in [4.78, 5) is 26.6. The molecule has 8 heteroatoms. The van der Waals surface area contributed by atoms with Gasteiger partial charge >= 0.3 is 0 Å². The molecule has 142 valence electrons. The average molecular weight is 410 g/mol. The van der Waals surface area contributed by atoms with Crippen molar-refractivity contribution in [2.24, 2.45) is 0 Å². The molecule has 1 fully saturated rings. The topological polar surface area (TPSA) is 61.4 Å². The van der Waals surface area contributed by atoms with Crippen molar-refractivity contribution in [3.63, 3.8) is 0 Å². The molecule has 0 radical (unpaired) electrons. The van der Waals surface area contributed by atoms with Crippen molar-refractivity contribution in [1.29, 1.82) is 0 Å². The second kappa shape index (κ2) is 8.69. The monoisotopic (exact) mass is 409 g/mol. The van der Waals surface area contributed by atoms with Crippen molar-refractivity contribution in [3.05, 3.63) is 58.3 Å². The Bertz CT molecular complexity index is 863. The van der Waals surface area contributed by atoms with Gasteiger partial charge < -0.3 is 10.6 Å². The van der Waals surface area contributed by atoms with E-state index in [0.29, 0.717) is 28.7 Å². The Morgan fingerprint density at radius 2 is 1.89 bits per heavy atom. The Morgan fingerprint density at radius 3 is 2.63 bits per heavy atom. The van der Waals surface area contributed by atoms with Crippen LogP contribution < -0.4 is 10.6 Å². The fraction of sp³-hybridized carbons (Fsp3) is 0.263. The summed E-state index contributed by atoms with van der Waals surface area (Å²) in [5.74, 6) is -1.11. The van der Waals surface area contributed by atoms with E-state index in [-0.39, 0.29) is 24.0 Å². The molecule has 1 saturated heterocycles. The lowest BCUT2D eigenvalue weighted by molar-refractivity contribution is -0.122. The number of carbonyl (C=O) groups excluding carboxylic acids is 2. The summed E-state index contributed by atoms with van der Waals surface area (Å²) >= 11 is 12.0. The van der Waals surface area contributed by atoms with Gasteiger partial charge in [-0.2, -0.15) is 0 Å². The van der Waals surface area contributed by atoms with E-state index in [1.54, 1.807) is 35.2 Å². The first kappa shape index (κ1) is 19.6. The first-order chi connectivity index (χ1) is 12.9. The Morgan fingerprint density at radius 1 is 1.11 bits per heavy atom. The average Bonchev–Trinajstić information content (AvgIpc) is 3.07. The molecule has 0 saturated carbocycles. The van der Waals surface area contributed by atoms with Gasteiger partial charge in [-0.05, 0) is 49.7 Å². The number of amides is 2. The summed E-state index contributed by atoms with van der Waals surface area (Å²) in [5, 5.41) is 6.14. The zero-order valence-electron chi connectivity index (χ0n) is 14.3. The van der Waals surface area contributed by atoms with Crippen LogP contribution in [-0.2, 0) is 9.59 Å². The lowest BCUT2D eigenvalue weighted by Crippen LogP contribution is -2.43. The number of hydrogen-bond donors (Lipinski definition) is 2. The van der Waals surface area contributed by atoms with Crippen molar-refractivity contribution in [2.75, 3.05) is 23.7 Å². The third kappa shape index (κ3) is 4.97. The third-order valence-electron chi connectivity index (χ3n) is 4.35. The van der Waals surface area contributed by atoms with Gasteiger partial charge in [-0.1, -0.05) is 35.3 Å². The second-order valence-corrected chi connectivity index (χ2v) is 7.11. The molecule has 1 unspecified atom stereocenters. The molecule has 2 aromatic carbocycles. The quantitative estimate of drug-likeness (QED) is 0.778. The SMILES string of the molecule is O=C(CN1CCCC1C(=O)Nc1ccc(Cl)cc1Cl)Nc1ccccc1F. The molecule has 2 amide bonds. The normalized spacial score (nSPS) is 16.9. The van der Waals surface area contributed by atoms with Crippen LogP contribution in [0.5, 0.6) is 0 Å². The largest absolute Gasteiger partial charge is 0.323 e. The smallest absolute Gasteiger partial charge is 0.241 e. The predicted octanol–water partition coefficient (Wildman–Crippen LogP) is 4.17. The fourth-order valence-corrected chi connectivity index (χ4v) is 3.51. The molecule has 5 nitrogen and oxygen atoms in total. The highest BCUT2D eigenvalue weighted by atomic mass is 35.5. The minimum Gasteiger partial charge on any atom is -0.323 e. The number of rotatable bonds is 5. The molecule has 0 spiro atoms. The van der Waals surface area contributed by atoms with Crippen LogP contribution in [-0.4, -0.2) is 35.8 Å². The van der Waals surface area contributed by atoms with Crippen LogP contribution in [0.4, 0.5) is 15.8 Å². The molecular formula is C19H18Cl2FN3O2. The summed E-state index contributed by atoms with van der Waals surface area (Å²) in [6.07, 6.45) is 1.42. The summed E-state index contributed by atoms with van der Waals surface area (Å²) in [5.41, 5.74) is 0.587. The highest BCUT2D eigenvalue weighted by molar-refractivity contribution is 6.36. The van der Waals surface area contributed by atoms with E-state index in [1.165, 1.54) is 12.1 Å². The molecule has 0 bridgehead atoms. The summed E-state index contributed by atoms with van der Waals surface area (Å²) in [7, 11) is 0. The fourth-order valence-electron chi connectivity index (χ4n) is 3.06. The van der Waals surface area contributed by atoms with Gasteiger partial charge in [0.25, 0.3) is 0 Å². The van der Waals surface area contributed by atoms with Gasteiger partial charge in [-0.25, -0.2) is 4.39 Å². The van der Waals surface area contributed by atoms with Gasteiger partial charge in [-0.15, -0.1) is 0 Å². The van der Waals surface area contributed by atoms with E-state index in [2.05, 4.69) is 10.6 Å². The van der Waals surface area contributed by atoms with Crippen LogP contribution in [0.15, 0.2) is 42.5 Å². The number of nitrogens with one attached hydrogen (secondary N) is 2. The Balaban J connectivity index is 1.61. The maximum atomic E-state index is 13.7. The first-order valence-electron chi connectivity index (χ1n) is 8.48. The van der Waals surface area contributed by atoms with Gasteiger partial charge in [0.15, 0.2) is 0 Å². The minimum atomic E-state index is -0.501. The minimum absolute atomic E-state index is 0.000765. The van der Waals surface area contributed by atoms with Gasteiger partial charge in [0.1, 0.15) is 5.82 Å². The maximum Gasteiger partial charge on any atom is 0.241 e. The molecule has 0 aromatic heterocycles. The highest BCUT2D eigenvalue weighted by Crippen LogP contribution is 2.27. The van der Waals surface area contributed by atoms with E-state index < -0.39 is 11.9 Å². The highest BCUT2D eigenvalue weighted by Gasteiger charge is 2.32. The number of likely N-dealkylation sites (tertiary alicyclic amines) is 1. The maximum absolute atomic E-state index is 13.7. The lowest BCUT2D eigenvalue weighted by atomic mass is 10.2. The van der Waals surface area contributed by atoms with Crippen molar-refractivity contribution in [1.82, 2.24) is 4.90 Å². The van der Waals surface area contributed by atoms with Gasteiger partial charge in [0.2, 0.25) is 11.8 Å². The predicted molar refractivity (Wildman–Crippen MR) is 105 cm³/mol. The van der Waals surface area contributed by atoms with E-state index in [1.807, 2.05) is 0 Å². The van der Waals surface area contributed by atoms with E-state index in [9.17, 15) is 14.0 Å². The Hall–Kier alpha value is -2.15. The molecule has 0 aliphatic carbocycles. The van der Waals surface area contributed by atoms with Gasteiger partial charge in [0.05, 0.1) is 29.0 Å². The number of para-hydroxylation sites is 1. The second-order valence-electron chi connectivity index (χ2n) is 6.27. The van der Waals surface area contributed by atoms with E-state index in [4.69, 9.17) is 23.2 Å². The molecule has 3 rings (SSSR count). The number of hydrogen-bond acceptors (Lipinski definition) is 3. The number of anilines is 2.